The minimum atomic E-state index is -0.611. The van der Waals surface area contributed by atoms with E-state index in [2.05, 4.69) is 21.4 Å². The monoisotopic (exact) mass is 389 g/mol. The highest BCUT2D eigenvalue weighted by molar-refractivity contribution is 7.18. The summed E-state index contributed by atoms with van der Waals surface area (Å²) in [5.41, 5.74) is 2.67. The maximum absolute atomic E-state index is 12.7. The summed E-state index contributed by atoms with van der Waals surface area (Å²) in [7, 11) is 0. The van der Waals surface area contributed by atoms with Gasteiger partial charge < -0.3 is 15.1 Å². The van der Waals surface area contributed by atoms with Gasteiger partial charge in [0.1, 0.15) is 5.71 Å². The number of halogens is 1. The minimum absolute atomic E-state index is 0.170. The summed E-state index contributed by atoms with van der Waals surface area (Å²) in [6.07, 6.45) is 3.49. The van der Waals surface area contributed by atoms with Gasteiger partial charge in [-0.15, -0.1) is 11.3 Å². The summed E-state index contributed by atoms with van der Waals surface area (Å²) in [6.45, 7) is 2.05. The van der Waals surface area contributed by atoms with Crippen molar-refractivity contribution in [1.29, 1.82) is 0 Å². The molecule has 1 aromatic carbocycles. The molecule has 7 heteroatoms. The average Bonchev–Trinajstić information content (AvgIpc) is 3.32. The Morgan fingerprint density at radius 1 is 1.19 bits per heavy atom. The second kappa shape index (κ2) is 7.68. The number of hydrogen-bond donors (Lipinski definition) is 1. The Balaban J connectivity index is 1.43. The Labute approximate surface area is 161 Å². The van der Waals surface area contributed by atoms with E-state index in [1.54, 1.807) is 0 Å². The molecule has 0 aliphatic carbocycles. The van der Waals surface area contributed by atoms with Crippen LogP contribution in [-0.4, -0.2) is 30.8 Å². The number of piperidine rings is 1. The van der Waals surface area contributed by atoms with Crippen LogP contribution in [0, 0.1) is 0 Å². The van der Waals surface area contributed by atoms with Crippen LogP contribution >= 0.6 is 22.9 Å². The summed E-state index contributed by atoms with van der Waals surface area (Å²) in [6, 6.07) is 11.7. The number of para-hydroxylation sites is 2. The molecule has 0 radical (unpaired) electrons. The van der Waals surface area contributed by atoms with Crippen molar-refractivity contribution < 1.29 is 9.63 Å². The highest BCUT2D eigenvalue weighted by atomic mass is 35.5. The molecule has 1 amide bonds. The van der Waals surface area contributed by atoms with E-state index in [0.29, 0.717) is 10.8 Å². The highest BCUT2D eigenvalue weighted by Gasteiger charge is 2.30. The predicted octanol–water partition coefficient (Wildman–Crippen LogP) is 4.52. The molecule has 1 saturated heterocycles. The molecule has 1 fully saturated rings. The highest BCUT2D eigenvalue weighted by Crippen LogP contribution is 2.30. The molecule has 0 saturated carbocycles. The summed E-state index contributed by atoms with van der Waals surface area (Å²) in [5, 5.41) is 7.10. The fraction of sp³-hybridized carbons (Fsp3) is 0.368. The number of benzene rings is 1. The van der Waals surface area contributed by atoms with Gasteiger partial charge in [0.05, 0.1) is 20.6 Å². The molecular formula is C19H20ClN3O2S. The number of carbonyl (C=O) groups excluding carboxylic acids is 1. The molecule has 136 valence electrons. The molecule has 26 heavy (non-hydrogen) atoms. The number of hydrogen-bond acceptors (Lipinski definition) is 5. The van der Waals surface area contributed by atoms with Gasteiger partial charge in [0, 0.05) is 19.5 Å². The van der Waals surface area contributed by atoms with Gasteiger partial charge in [-0.3, -0.25) is 4.79 Å². The normalized spacial score (nSPS) is 19.8. The molecule has 1 unspecified atom stereocenters. The second-order valence-electron chi connectivity index (χ2n) is 6.49. The number of nitrogens with one attached hydrogen (secondary N) is 1. The lowest BCUT2D eigenvalue weighted by atomic mass is 10.1. The Bertz CT molecular complexity index is 830. The topological polar surface area (TPSA) is 53.9 Å². The lowest BCUT2D eigenvalue weighted by Gasteiger charge is -2.30. The van der Waals surface area contributed by atoms with Gasteiger partial charge in [-0.05, 0) is 43.5 Å². The van der Waals surface area contributed by atoms with Crippen LogP contribution in [0.1, 0.15) is 30.6 Å². The molecule has 3 heterocycles. The molecule has 5 nitrogen and oxygen atoms in total. The van der Waals surface area contributed by atoms with Crippen molar-refractivity contribution in [2.75, 3.05) is 23.3 Å². The van der Waals surface area contributed by atoms with E-state index >= 15 is 0 Å². The molecular weight excluding hydrogens is 370 g/mol. The van der Waals surface area contributed by atoms with Crippen LogP contribution in [0.4, 0.5) is 11.4 Å². The number of nitrogens with zero attached hydrogens (tertiary/aromatic N) is 2. The number of anilines is 2. The number of thiophene rings is 1. The van der Waals surface area contributed by atoms with Gasteiger partial charge in [0.2, 0.25) is 6.10 Å². The first-order chi connectivity index (χ1) is 12.7. The van der Waals surface area contributed by atoms with E-state index in [9.17, 15) is 4.79 Å². The van der Waals surface area contributed by atoms with Crippen LogP contribution in [0.5, 0.6) is 0 Å². The van der Waals surface area contributed by atoms with Gasteiger partial charge in [0.15, 0.2) is 0 Å². The molecule has 2 aliphatic rings. The lowest BCUT2D eigenvalue weighted by Crippen LogP contribution is -2.32. The van der Waals surface area contributed by atoms with Crippen LogP contribution < -0.4 is 10.2 Å². The van der Waals surface area contributed by atoms with Crippen molar-refractivity contribution in [3.05, 3.63) is 45.6 Å². The molecule has 1 aromatic heterocycles. The van der Waals surface area contributed by atoms with Gasteiger partial charge >= 0.3 is 0 Å². The van der Waals surface area contributed by atoms with E-state index in [4.69, 9.17) is 16.4 Å². The molecule has 1 atom stereocenters. The van der Waals surface area contributed by atoms with Crippen LogP contribution in [0.3, 0.4) is 0 Å². The zero-order chi connectivity index (χ0) is 17.9. The van der Waals surface area contributed by atoms with Gasteiger partial charge in [-0.25, -0.2) is 0 Å². The van der Waals surface area contributed by atoms with Crippen LogP contribution in [0.2, 0.25) is 4.34 Å². The molecule has 0 spiro atoms. The SMILES string of the molecule is O=C(Nc1ccccc1N1CCCCC1)C1CC(c2ccc(Cl)s2)=NO1. The minimum Gasteiger partial charge on any atom is -0.382 e. The maximum atomic E-state index is 12.7. The standard InChI is InChI=1S/C19H20ClN3O2S/c20-18-9-8-17(26-18)14-12-16(25-22-14)19(24)21-13-6-2-3-7-15(13)23-10-4-1-5-11-23/h2-3,6-9,16H,1,4-5,10-12H2,(H,21,24). The fourth-order valence-corrected chi connectivity index (χ4v) is 4.37. The largest absolute Gasteiger partial charge is 0.382 e. The van der Waals surface area contributed by atoms with E-state index in [-0.39, 0.29) is 5.91 Å². The second-order valence-corrected chi connectivity index (χ2v) is 8.21. The molecule has 2 aliphatic heterocycles. The van der Waals surface area contributed by atoms with Crippen LogP contribution in [0.25, 0.3) is 0 Å². The number of amides is 1. The van der Waals surface area contributed by atoms with E-state index < -0.39 is 6.10 Å². The number of carbonyl (C=O) groups is 1. The Morgan fingerprint density at radius 2 is 2.00 bits per heavy atom. The summed E-state index contributed by atoms with van der Waals surface area (Å²) in [4.78, 5) is 21.3. The van der Waals surface area contributed by atoms with Crippen molar-refractivity contribution in [2.45, 2.75) is 31.8 Å². The quantitative estimate of drug-likeness (QED) is 0.836. The summed E-state index contributed by atoms with van der Waals surface area (Å²) >= 11 is 7.42. The zero-order valence-electron chi connectivity index (χ0n) is 14.3. The maximum Gasteiger partial charge on any atom is 0.268 e. The molecule has 4 rings (SSSR count). The third kappa shape index (κ3) is 3.71. The Hall–Kier alpha value is -2.05. The van der Waals surface area contributed by atoms with Gasteiger partial charge in [0.25, 0.3) is 5.91 Å². The zero-order valence-corrected chi connectivity index (χ0v) is 15.9. The van der Waals surface area contributed by atoms with E-state index in [1.807, 2.05) is 30.3 Å². The first-order valence-electron chi connectivity index (χ1n) is 8.84. The predicted molar refractivity (Wildman–Crippen MR) is 106 cm³/mol. The number of oxime groups is 1. The van der Waals surface area contributed by atoms with E-state index in [1.165, 1.54) is 30.6 Å². The van der Waals surface area contributed by atoms with Gasteiger partial charge in [-0.1, -0.05) is 28.9 Å². The van der Waals surface area contributed by atoms with Crippen molar-refractivity contribution in [1.82, 2.24) is 0 Å². The van der Waals surface area contributed by atoms with Crippen molar-refractivity contribution in [2.24, 2.45) is 5.16 Å². The third-order valence-electron chi connectivity index (χ3n) is 4.68. The third-order valence-corrected chi connectivity index (χ3v) is 5.96. The summed E-state index contributed by atoms with van der Waals surface area (Å²) < 4.78 is 0.700. The Kier molecular flexibility index (Phi) is 5.13. The Morgan fingerprint density at radius 3 is 2.77 bits per heavy atom. The lowest BCUT2D eigenvalue weighted by molar-refractivity contribution is -0.125. The van der Waals surface area contributed by atoms with Crippen molar-refractivity contribution >= 4 is 45.9 Å². The first kappa shape index (κ1) is 17.4. The smallest absolute Gasteiger partial charge is 0.268 e. The van der Waals surface area contributed by atoms with Crippen molar-refractivity contribution in [3.8, 4) is 0 Å². The van der Waals surface area contributed by atoms with Crippen molar-refractivity contribution in [3.63, 3.8) is 0 Å². The van der Waals surface area contributed by atoms with Gasteiger partial charge in [-0.2, -0.15) is 0 Å². The summed E-state index contributed by atoms with van der Waals surface area (Å²) in [5.74, 6) is -0.170. The molecule has 0 bridgehead atoms. The first-order valence-corrected chi connectivity index (χ1v) is 10.0. The average molecular weight is 390 g/mol. The van der Waals surface area contributed by atoms with E-state index in [0.717, 1.165) is 35.1 Å². The molecule has 1 N–H and O–H groups in total. The van der Waals surface area contributed by atoms with Crippen LogP contribution in [0.15, 0.2) is 41.6 Å². The van der Waals surface area contributed by atoms with Crippen LogP contribution in [-0.2, 0) is 9.63 Å². The number of rotatable bonds is 4. The molecule has 2 aromatic rings. The fourth-order valence-electron chi connectivity index (χ4n) is 3.34.